The molecule has 0 amide bonds. The fourth-order valence-corrected chi connectivity index (χ4v) is 1.82. The van der Waals surface area contributed by atoms with Crippen LogP contribution in [0.15, 0.2) is 24.8 Å². The zero-order chi connectivity index (χ0) is 12.0. The average Bonchev–Trinajstić information content (AvgIpc) is 2.89. The first-order valence-electron chi connectivity index (χ1n) is 4.93. The lowest BCUT2D eigenvalue weighted by Gasteiger charge is -2.00. The van der Waals surface area contributed by atoms with E-state index in [9.17, 15) is 0 Å². The van der Waals surface area contributed by atoms with Crippen molar-refractivity contribution in [1.29, 1.82) is 0 Å². The van der Waals surface area contributed by atoms with E-state index in [2.05, 4.69) is 15.2 Å². The smallest absolute Gasteiger partial charge is 0.165 e. The zero-order valence-electron chi connectivity index (χ0n) is 9.00. The summed E-state index contributed by atoms with van der Waals surface area (Å²) in [6.45, 7) is 0. The maximum absolute atomic E-state index is 5.88. The van der Waals surface area contributed by atoms with Crippen molar-refractivity contribution < 1.29 is 0 Å². The van der Waals surface area contributed by atoms with Gasteiger partial charge in [0.15, 0.2) is 5.65 Å². The molecular weight excluding hydrogens is 240 g/mol. The molecule has 0 saturated heterocycles. The standard InChI is InChI=1S/C10H9ClN6/c1-16-5-6(2-14-16)7-3-15-17-9(12)8(11)4-13-10(7)17/h2-5H,12H2,1H3. The Balaban J connectivity index is 2.29. The molecule has 7 heteroatoms. The first-order chi connectivity index (χ1) is 8.16. The lowest BCUT2D eigenvalue weighted by molar-refractivity contribution is 0.768. The van der Waals surface area contributed by atoms with E-state index in [-0.39, 0.29) is 0 Å². The molecule has 3 aromatic rings. The number of fused-ring (bicyclic) bond motifs is 1. The molecule has 0 atom stereocenters. The number of anilines is 1. The van der Waals surface area contributed by atoms with E-state index in [0.717, 1.165) is 11.1 Å². The highest BCUT2D eigenvalue weighted by Gasteiger charge is 2.12. The second-order valence-electron chi connectivity index (χ2n) is 3.69. The maximum Gasteiger partial charge on any atom is 0.165 e. The maximum atomic E-state index is 5.88. The van der Waals surface area contributed by atoms with Gasteiger partial charge >= 0.3 is 0 Å². The Morgan fingerprint density at radius 1 is 1.24 bits per heavy atom. The third-order valence-electron chi connectivity index (χ3n) is 2.53. The molecule has 17 heavy (non-hydrogen) atoms. The fraction of sp³-hybridized carbons (Fsp3) is 0.100. The fourth-order valence-electron chi connectivity index (χ4n) is 1.69. The van der Waals surface area contributed by atoms with Crippen LogP contribution in [0.25, 0.3) is 16.8 Å². The first kappa shape index (κ1) is 10.1. The van der Waals surface area contributed by atoms with E-state index in [1.54, 1.807) is 17.1 Å². The largest absolute Gasteiger partial charge is 0.382 e. The van der Waals surface area contributed by atoms with Crippen molar-refractivity contribution in [3.8, 4) is 11.1 Å². The van der Waals surface area contributed by atoms with E-state index in [0.29, 0.717) is 16.5 Å². The molecule has 3 heterocycles. The Bertz CT molecular complexity index is 698. The molecule has 3 aromatic heterocycles. The highest BCUT2D eigenvalue weighted by atomic mass is 35.5. The second kappa shape index (κ2) is 3.46. The summed E-state index contributed by atoms with van der Waals surface area (Å²) in [7, 11) is 1.86. The predicted octanol–water partition coefficient (Wildman–Crippen LogP) is 1.37. The van der Waals surface area contributed by atoms with Gasteiger partial charge in [0.2, 0.25) is 0 Å². The average molecular weight is 249 g/mol. The molecule has 0 radical (unpaired) electrons. The number of nitrogens with zero attached hydrogens (tertiary/aromatic N) is 5. The van der Waals surface area contributed by atoms with E-state index < -0.39 is 0 Å². The Kier molecular flexibility index (Phi) is 2.05. The molecule has 0 aromatic carbocycles. The van der Waals surface area contributed by atoms with Gasteiger partial charge in [0.25, 0.3) is 0 Å². The Morgan fingerprint density at radius 2 is 2.06 bits per heavy atom. The molecule has 6 nitrogen and oxygen atoms in total. The van der Waals surface area contributed by atoms with Crippen molar-refractivity contribution in [2.75, 3.05) is 5.73 Å². The quantitative estimate of drug-likeness (QED) is 0.706. The summed E-state index contributed by atoms with van der Waals surface area (Å²) < 4.78 is 3.24. The van der Waals surface area contributed by atoms with E-state index in [1.165, 1.54) is 10.7 Å². The number of hydrogen-bond acceptors (Lipinski definition) is 4. The number of halogens is 1. The van der Waals surface area contributed by atoms with Gasteiger partial charge in [-0.1, -0.05) is 11.6 Å². The van der Waals surface area contributed by atoms with Gasteiger partial charge in [-0.2, -0.15) is 14.7 Å². The summed E-state index contributed by atoms with van der Waals surface area (Å²) in [4.78, 5) is 4.24. The number of aryl methyl sites for hydroxylation is 1. The van der Waals surface area contributed by atoms with Crippen LogP contribution in [0.5, 0.6) is 0 Å². The SMILES string of the molecule is Cn1cc(-c2cnn3c(N)c(Cl)cnc23)cn1. The number of nitrogens with two attached hydrogens (primary N) is 1. The molecule has 0 unspecified atom stereocenters. The summed E-state index contributed by atoms with van der Waals surface area (Å²) in [5.74, 6) is 0.381. The number of aromatic nitrogens is 5. The van der Waals surface area contributed by atoms with Crippen LogP contribution in [0.3, 0.4) is 0 Å². The first-order valence-corrected chi connectivity index (χ1v) is 5.31. The van der Waals surface area contributed by atoms with Crippen molar-refractivity contribution in [3.05, 3.63) is 29.8 Å². The van der Waals surface area contributed by atoms with E-state index in [4.69, 9.17) is 17.3 Å². The Labute approximate surface area is 102 Å². The minimum Gasteiger partial charge on any atom is -0.382 e. The summed E-state index contributed by atoms with van der Waals surface area (Å²) in [5, 5.41) is 8.67. The van der Waals surface area contributed by atoms with Crippen molar-refractivity contribution in [2.45, 2.75) is 0 Å². The van der Waals surface area contributed by atoms with Gasteiger partial charge in [-0.3, -0.25) is 4.68 Å². The Hall–Kier alpha value is -2.08. The molecule has 86 valence electrons. The summed E-state index contributed by atoms with van der Waals surface area (Å²) in [5.41, 5.74) is 8.31. The third-order valence-corrected chi connectivity index (χ3v) is 2.82. The molecule has 0 aliphatic rings. The van der Waals surface area contributed by atoms with Crippen LogP contribution < -0.4 is 5.73 Å². The third kappa shape index (κ3) is 1.45. The topological polar surface area (TPSA) is 74.0 Å². The number of nitrogen functional groups attached to an aromatic ring is 1. The number of hydrogen-bond donors (Lipinski definition) is 1. The van der Waals surface area contributed by atoms with Crippen LogP contribution in [-0.4, -0.2) is 24.4 Å². The van der Waals surface area contributed by atoms with Gasteiger partial charge in [0.05, 0.1) is 18.6 Å². The monoisotopic (exact) mass is 248 g/mol. The Morgan fingerprint density at radius 3 is 2.76 bits per heavy atom. The molecule has 0 aliphatic carbocycles. The van der Waals surface area contributed by atoms with Gasteiger partial charge < -0.3 is 5.73 Å². The molecule has 0 aliphatic heterocycles. The van der Waals surface area contributed by atoms with Gasteiger partial charge in [-0.15, -0.1) is 0 Å². The van der Waals surface area contributed by atoms with Crippen LogP contribution in [0.2, 0.25) is 5.02 Å². The lowest BCUT2D eigenvalue weighted by Crippen LogP contribution is -2.00. The van der Waals surface area contributed by atoms with Crippen molar-refractivity contribution in [1.82, 2.24) is 24.4 Å². The molecular formula is C10H9ClN6. The molecule has 0 spiro atoms. The van der Waals surface area contributed by atoms with Crippen molar-refractivity contribution in [3.63, 3.8) is 0 Å². The van der Waals surface area contributed by atoms with Crippen LogP contribution in [0.4, 0.5) is 5.82 Å². The van der Waals surface area contributed by atoms with E-state index >= 15 is 0 Å². The van der Waals surface area contributed by atoms with Crippen molar-refractivity contribution in [2.24, 2.45) is 7.05 Å². The van der Waals surface area contributed by atoms with Crippen LogP contribution in [0.1, 0.15) is 0 Å². The highest BCUT2D eigenvalue weighted by molar-refractivity contribution is 6.32. The lowest BCUT2D eigenvalue weighted by atomic mass is 10.2. The minimum atomic E-state index is 0.381. The predicted molar refractivity (Wildman–Crippen MR) is 64.6 cm³/mol. The zero-order valence-corrected chi connectivity index (χ0v) is 9.76. The summed E-state index contributed by atoms with van der Waals surface area (Å²) >= 11 is 5.88. The van der Waals surface area contributed by atoms with Gasteiger partial charge in [-0.25, -0.2) is 4.98 Å². The van der Waals surface area contributed by atoms with Gasteiger partial charge in [-0.05, 0) is 0 Å². The van der Waals surface area contributed by atoms with Crippen LogP contribution in [0, 0.1) is 0 Å². The van der Waals surface area contributed by atoms with Gasteiger partial charge in [0, 0.05) is 24.4 Å². The van der Waals surface area contributed by atoms with E-state index in [1.807, 2.05) is 13.2 Å². The van der Waals surface area contributed by atoms with Gasteiger partial charge in [0.1, 0.15) is 10.8 Å². The number of rotatable bonds is 1. The molecule has 2 N–H and O–H groups in total. The van der Waals surface area contributed by atoms with Crippen molar-refractivity contribution >= 4 is 23.1 Å². The second-order valence-corrected chi connectivity index (χ2v) is 4.09. The van der Waals surface area contributed by atoms with Crippen LogP contribution in [-0.2, 0) is 7.05 Å². The normalized spacial score (nSPS) is 11.2. The molecule has 0 bridgehead atoms. The van der Waals surface area contributed by atoms with Crippen LogP contribution >= 0.6 is 11.6 Å². The molecule has 0 fully saturated rings. The summed E-state index contributed by atoms with van der Waals surface area (Å²) in [6.07, 6.45) is 6.87. The molecule has 3 rings (SSSR count). The molecule has 0 saturated carbocycles. The minimum absolute atomic E-state index is 0.381. The highest BCUT2D eigenvalue weighted by Crippen LogP contribution is 2.26. The summed E-state index contributed by atoms with van der Waals surface area (Å²) in [6, 6.07) is 0.